The van der Waals surface area contributed by atoms with Gasteiger partial charge in [-0.05, 0) is 65.7 Å². The molecular formula is C52H38N8. The van der Waals surface area contributed by atoms with E-state index in [9.17, 15) is 0 Å². The second kappa shape index (κ2) is 14.1. The number of nitrogens with zero attached hydrogens (tertiary/aromatic N) is 8. The summed E-state index contributed by atoms with van der Waals surface area (Å²) in [6.45, 7) is 4.62. The van der Waals surface area contributed by atoms with Crippen LogP contribution in [0.3, 0.4) is 0 Å². The highest BCUT2D eigenvalue weighted by atomic mass is 15.2. The third-order valence-corrected chi connectivity index (χ3v) is 11.7. The molecule has 0 unspecified atom stereocenters. The fourth-order valence-corrected chi connectivity index (χ4v) is 8.85. The van der Waals surface area contributed by atoms with Crippen molar-refractivity contribution in [3.8, 4) is 28.3 Å². The first-order valence-electron chi connectivity index (χ1n) is 20.1. The maximum absolute atomic E-state index is 5.66. The summed E-state index contributed by atoms with van der Waals surface area (Å²) in [5.41, 5.74) is 13.2. The number of anilines is 6. The van der Waals surface area contributed by atoms with Gasteiger partial charge in [-0.3, -0.25) is 19.4 Å². The molecule has 1 aliphatic heterocycles. The normalized spacial score (nSPS) is 12.9. The molecule has 0 N–H and O–H groups in total. The highest BCUT2D eigenvalue weighted by Crippen LogP contribution is 2.52. The predicted octanol–water partition coefficient (Wildman–Crippen LogP) is 12.7. The molecular weight excluding hydrogens is 737 g/mol. The first kappa shape index (κ1) is 35.2. The number of hydrogen-bond acceptors (Lipinski definition) is 7. The van der Waals surface area contributed by atoms with Gasteiger partial charge in [0.2, 0.25) is 0 Å². The van der Waals surface area contributed by atoms with Gasteiger partial charge in [-0.1, -0.05) is 111 Å². The molecule has 286 valence electrons. The SMILES string of the molecule is CC1(C)c2ccccc2N(c2cc(N(c3ccc(-c4ccncn4)cc3)c3ccc(-c4cnccn4)cc3)cc(-n3c4ccccc4c4ccccc43)n2)c2ccccc21. The molecule has 8 nitrogen and oxygen atoms in total. The Hall–Kier alpha value is -7.97. The predicted molar refractivity (Wildman–Crippen MR) is 242 cm³/mol. The maximum atomic E-state index is 5.66. The zero-order chi connectivity index (χ0) is 40.2. The number of benzene rings is 6. The van der Waals surface area contributed by atoms with Gasteiger partial charge in [-0.2, -0.15) is 0 Å². The molecule has 1 aliphatic rings. The van der Waals surface area contributed by atoms with Crippen molar-refractivity contribution in [3.05, 3.63) is 206 Å². The Morgan fingerprint density at radius 2 is 1.05 bits per heavy atom. The molecule has 0 atom stereocenters. The van der Waals surface area contributed by atoms with Crippen LogP contribution in [-0.2, 0) is 5.41 Å². The average molecular weight is 775 g/mol. The molecule has 8 heteroatoms. The van der Waals surface area contributed by atoms with Crippen LogP contribution in [0.15, 0.2) is 195 Å². The van der Waals surface area contributed by atoms with Crippen LogP contribution >= 0.6 is 0 Å². The third kappa shape index (κ3) is 5.80. The topological polar surface area (TPSA) is 75.9 Å². The Bertz CT molecular complexity index is 2990. The number of pyridine rings is 1. The molecule has 0 saturated heterocycles. The van der Waals surface area contributed by atoms with Gasteiger partial charge in [0.1, 0.15) is 18.0 Å². The summed E-state index contributed by atoms with van der Waals surface area (Å²) in [6, 6.07) is 58.1. The van der Waals surface area contributed by atoms with E-state index in [1.807, 2.05) is 6.07 Å². The van der Waals surface area contributed by atoms with Gasteiger partial charge in [0.05, 0.1) is 45.7 Å². The molecule has 11 rings (SSSR count). The maximum Gasteiger partial charge on any atom is 0.142 e. The van der Waals surface area contributed by atoms with Crippen LogP contribution in [0.4, 0.5) is 34.3 Å². The zero-order valence-corrected chi connectivity index (χ0v) is 33.1. The van der Waals surface area contributed by atoms with Crippen molar-refractivity contribution < 1.29 is 0 Å². The number of para-hydroxylation sites is 4. The van der Waals surface area contributed by atoms with E-state index in [1.165, 1.54) is 21.9 Å². The molecule has 0 spiro atoms. The van der Waals surface area contributed by atoms with Crippen molar-refractivity contribution in [2.24, 2.45) is 0 Å². The van der Waals surface area contributed by atoms with Crippen LogP contribution in [-0.4, -0.2) is 29.5 Å². The van der Waals surface area contributed by atoms with E-state index in [4.69, 9.17) is 4.98 Å². The lowest BCUT2D eigenvalue weighted by molar-refractivity contribution is 0.631. The molecule has 0 fully saturated rings. The summed E-state index contributed by atoms with van der Waals surface area (Å²) in [5, 5.41) is 2.35. The molecule has 0 aliphatic carbocycles. The van der Waals surface area contributed by atoms with Crippen molar-refractivity contribution in [1.29, 1.82) is 0 Å². The van der Waals surface area contributed by atoms with E-state index in [-0.39, 0.29) is 5.41 Å². The molecule has 0 bridgehead atoms. The van der Waals surface area contributed by atoms with Gasteiger partial charge in [0.15, 0.2) is 0 Å². The van der Waals surface area contributed by atoms with E-state index in [0.717, 1.165) is 73.6 Å². The lowest BCUT2D eigenvalue weighted by Crippen LogP contribution is -2.31. The minimum absolute atomic E-state index is 0.223. The fraction of sp³-hybridized carbons (Fsp3) is 0.0577. The molecule has 10 aromatic rings. The average Bonchev–Trinajstić information content (AvgIpc) is 3.65. The number of hydrogen-bond donors (Lipinski definition) is 0. The van der Waals surface area contributed by atoms with Gasteiger partial charge in [0, 0.05) is 69.4 Å². The molecule has 0 radical (unpaired) electrons. The summed E-state index contributed by atoms with van der Waals surface area (Å²) in [6.07, 6.45) is 8.57. The Balaban J connectivity index is 1.19. The molecule has 4 aromatic heterocycles. The number of rotatable bonds is 7. The van der Waals surface area contributed by atoms with Gasteiger partial charge in [-0.15, -0.1) is 0 Å². The number of fused-ring (bicyclic) bond motifs is 5. The molecule has 5 heterocycles. The highest BCUT2D eigenvalue weighted by molar-refractivity contribution is 6.09. The molecule has 0 saturated carbocycles. The zero-order valence-electron chi connectivity index (χ0n) is 33.1. The first-order valence-corrected chi connectivity index (χ1v) is 20.1. The largest absolute Gasteiger partial charge is 0.310 e. The number of aromatic nitrogens is 6. The van der Waals surface area contributed by atoms with Crippen molar-refractivity contribution in [2.45, 2.75) is 19.3 Å². The smallest absolute Gasteiger partial charge is 0.142 e. The molecule has 60 heavy (non-hydrogen) atoms. The summed E-state index contributed by atoms with van der Waals surface area (Å²) in [5.74, 6) is 1.61. The monoisotopic (exact) mass is 774 g/mol. The second-order valence-electron chi connectivity index (χ2n) is 15.5. The van der Waals surface area contributed by atoms with Crippen molar-refractivity contribution in [2.75, 3.05) is 9.80 Å². The minimum atomic E-state index is -0.223. The molecule has 6 aromatic carbocycles. The van der Waals surface area contributed by atoms with Gasteiger partial charge in [-0.25, -0.2) is 15.0 Å². The molecule has 0 amide bonds. The van der Waals surface area contributed by atoms with Crippen LogP contribution in [0.5, 0.6) is 0 Å². The summed E-state index contributed by atoms with van der Waals surface area (Å²) < 4.78 is 2.30. The van der Waals surface area contributed by atoms with Crippen molar-refractivity contribution in [3.63, 3.8) is 0 Å². The highest BCUT2D eigenvalue weighted by Gasteiger charge is 2.37. The van der Waals surface area contributed by atoms with Crippen LogP contribution in [0.1, 0.15) is 25.0 Å². The van der Waals surface area contributed by atoms with Gasteiger partial charge < -0.3 is 4.90 Å². The van der Waals surface area contributed by atoms with E-state index < -0.39 is 0 Å². The first-order chi connectivity index (χ1) is 29.5. The van der Waals surface area contributed by atoms with Gasteiger partial charge in [0.25, 0.3) is 0 Å². The summed E-state index contributed by atoms with van der Waals surface area (Å²) in [7, 11) is 0. The van der Waals surface area contributed by atoms with Crippen molar-refractivity contribution in [1.82, 2.24) is 29.5 Å². The van der Waals surface area contributed by atoms with Crippen LogP contribution < -0.4 is 9.80 Å². The Labute approximate surface area is 347 Å². The standard InChI is InChI=1S/C52H38N8/c1-52(2)42-13-5-9-17-48(42)60(49-18-10-6-14-43(49)52)51-32-39(31-50(57-51)59-46-15-7-3-11-40(46)41-12-4-8-16-47(41)59)58(37-23-19-35(20-24-37)44-27-28-54-34-56-44)38-25-21-36(22-26-38)45-33-53-29-30-55-45/h3-34H,1-2H3. The Morgan fingerprint density at radius 3 is 1.63 bits per heavy atom. The Morgan fingerprint density at radius 1 is 0.483 bits per heavy atom. The summed E-state index contributed by atoms with van der Waals surface area (Å²) >= 11 is 0. The van der Waals surface area contributed by atoms with Gasteiger partial charge >= 0.3 is 0 Å². The van der Waals surface area contributed by atoms with Crippen LogP contribution in [0, 0.1) is 0 Å². The van der Waals surface area contributed by atoms with Crippen molar-refractivity contribution >= 4 is 56.1 Å². The lowest BCUT2D eigenvalue weighted by Gasteiger charge is -2.41. The third-order valence-electron chi connectivity index (χ3n) is 11.7. The quantitative estimate of drug-likeness (QED) is 0.160. The van der Waals surface area contributed by atoms with E-state index in [1.54, 1.807) is 31.1 Å². The van der Waals surface area contributed by atoms with Crippen LogP contribution in [0.2, 0.25) is 0 Å². The lowest BCUT2D eigenvalue weighted by atomic mass is 9.73. The second-order valence-corrected chi connectivity index (χ2v) is 15.5. The van der Waals surface area contributed by atoms with Crippen LogP contribution in [0.25, 0.3) is 50.1 Å². The van der Waals surface area contributed by atoms with E-state index in [2.05, 4.69) is 206 Å². The summed E-state index contributed by atoms with van der Waals surface area (Å²) in [4.78, 5) is 27.9. The Kier molecular flexibility index (Phi) is 8.30. The van der Waals surface area contributed by atoms with E-state index >= 15 is 0 Å². The fourth-order valence-electron chi connectivity index (χ4n) is 8.85. The van der Waals surface area contributed by atoms with E-state index in [0.29, 0.717) is 0 Å². The minimum Gasteiger partial charge on any atom is -0.310 e.